The molecule has 360 valence electrons. The van der Waals surface area contributed by atoms with Gasteiger partial charge in [0.25, 0.3) is 11.7 Å². The Hall–Kier alpha value is -3.30. The van der Waals surface area contributed by atoms with Crippen LogP contribution < -0.4 is 0 Å². The maximum Gasteiger partial charge on any atom is 0.329 e. The fourth-order valence-electron chi connectivity index (χ4n) is 9.97. The molecule has 0 spiro atoms. The lowest BCUT2D eigenvalue weighted by molar-refractivity contribution is -0.265. The van der Waals surface area contributed by atoms with Crippen LogP contribution in [0.5, 0.6) is 0 Å². The van der Waals surface area contributed by atoms with E-state index in [-0.39, 0.29) is 61.4 Å². The van der Waals surface area contributed by atoms with Gasteiger partial charge in [0.1, 0.15) is 30.1 Å². The van der Waals surface area contributed by atoms with Gasteiger partial charge in [0.2, 0.25) is 5.79 Å². The Balaban J connectivity index is 1.69. The monoisotopic (exact) mass is 898 g/mol. The second-order valence-electron chi connectivity index (χ2n) is 19.6. The molecule has 1 aliphatic carbocycles. The van der Waals surface area contributed by atoms with Crippen molar-refractivity contribution in [2.45, 2.75) is 180 Å². The molecule has 1 saturated carbocycles. The Kier molecular flexibility index (Phi) is 20.4. The number of piperidine rings is 1. The molecule has 1 amide bonds. The number of hydrogen-bond acceptors (Lipinski definition) is 12. The van der Waals surface area contributed by atoms with Crippen LogP contribution in [0.2, 0.25) is 0 Å². The number of aliphatic hydroxyl groups excluding tert-OH is 3. The van der Waals surface area contributed by atoms with E-state index in [9.17, 15) is 39.6 Å². The zero-order chi connectivity index (χ0) is 47.5. The summed E-state index contributed by atoms with van der Waals surface area (Å²) < 4.78 is 23.7. The summed E-state index contributed by atoms with van der Waals surface area (Å²) >= 11 is 0. The average Bonchev–Trinajstić information content (AvgIpc) is 3.26. The molecule has 3 aliphatic heterocycles. The Bertz CT molecular complexity index is 1740. The number of methoxy groups -OCH3 is 2. The Morgan fingerprint density at radius 2 is 1.61 bits per heavy atom. The number of carbonyl (C=O) groups is 4. The molecule has 0 aromatic carbocycles. The number of ketones is 2. The van der Waals surface area contributed by atoms with E-state index in [1.54, 1.807) is 47.0 Å². The van der Waals surface area contributed by atoms with Gasteiger partial charge in [0.05, 0.1) is 24.4 Å². The highest BCUT2D eigenvalue weighted by Crippen LogP contribution is 2.37. The van der Waals surface area contributed by atoms with Gasteiger partial charge in [-0.05, 0) is 118 Å². The van der Waals surface area contributed by atoms with Crippen molar-refractivity contribution in [3.05, 3.63) is 59.8 Å². The van der Waals surface area contributed by atoms with E-state index in [4.69, 9.17) is 18.9 Å². The first-order valence-corrected chi connectivity index (χ1v) is 23.7. The first-order valence-electron chi connectivity index (χ1n) is 23.7. The van der Waals surface area contributed by atoms with Crippen molar-refractivity contribution in [2.75, 3.05) is 20.8 Å². The van der Waals surface area contributed by atoms with E-state index < -0.39 is 77.9 Å². The highest BCUT2D eigenvalue weighted by Gasteiger charge is 2.53. The summed E-state index contributed by atoms with van der Waals surface area (Å²) in [6.45, 7) is 17.4. The fourth-order valence-corrected chi connectivity index (χ4v) is 9.97. The topological polar surface area (TPSA) is 189 Å². The van der Waals surface area contributed by atoms with Gasteiger partial charge in [-0.25, -0.2) is 4.79 Å². The summed E-state index contributed by atoms with van der Waals surface area (Å²) in [6.07, 6.45) is 11.3. The normalized spacial score (nSPS) is 40.9. The molecule has 13 nitrogen and oxygen atoms in total. The molecule has 3 fully saturated rings. The van der Waals surface area contributed by atoms with Crippen molar-refractivity contribution < 1.29 is 58.6 Å². The molecular weight excluding hydrogens is 819 g/mol. The van der Waals surface area contributed by atoms with Gasteiger partial charge < -0.3 is 44.3 Å². The molecule has 0 radical (unpaired) electrons. The zero-order valence-corrected chi connectivity index (χ0v) is 39.9. The first kappa shape index (κ1) is 53.3. The van der Waals surface area contributed by atoms with Gasteiger partial charge in [-0.1, -0.05) is 77.7 Å². The van der Waals surface area contributed by atoms with E-state index >= 15 is 0 Å². The molecule has 4 rings (SSSR count). The van der Waals surface area contributed by atoms with Crippen LogP contribution in [0.15, 0.2) is 59.8 Å². The van der Waals surface area contributed by atoms with Crippen molar-refractivity contribution in [2.24, 2.45) is 35.5 Å². The molecule has 2 saturated heterocycles. The highest BCUT2D eigenvalue weighted by molar-refractivity contribution is 6.39. The minimum Gasteiger partial charge on any atom is -0.460 e. The van der Waals surface area contributed by atoms with Crippen LogP contribution in [0, 0.1) is 35.5 Å². The van der Waals surface area contributed by atoms with Gasteiger partial charge in [0.15, 0.2) is 0 Å². The van der Waals surface area contributed by atoms with Crippen molar-refractivity contribution >= 4 is 23.4 Å². The smallest absolute Gasteiger partial charge is 0.329 e. The lowest BCUT2D eigenvalue weighted by atomic mass is 9.78. The summed E-state index contributed by atoms with van der Waals surface area (Å²) in [7, 11) is 3.10. The Morgan fingerprint density at radius 1 is 0.891 bits per heavy atom. The van der Waals surface area contributed by atoms with Crippen LogP contribution >= 0.6 is 0 Å². The maximum absolute atomic E-state index is 14.3. The number of fused-ring (bicyclic) bond motifs is 3. The second kappa shape index (κ2) is 24.5. The van der Waals surface area contributed by atoms with E-state index in [1.165, 1.54) is 12.0 Å². The van der Waals surface area contributed by atoms with E-state index in [1.807, 2.05) is 32.1 Å². The number of cyclic esters (lactones) is 1. The van der Waals surface area contributed by atoms with Gasteiger partial charge in [-0.3, -0.25) is 14.4 Å². The van der Waals surface area contributed by atoms with Crippen molar-refractivity contribution in [1.29, 1.82) is 0 Å². The molecule has 0 aromatic heterocycles. The summed E-state index contributed by atoms with van der Waals surface area (Å²) in [5.74, 6) is -7.08. The average molecular weight is 898 g/mol. The molecular formula is C51H79NO12. The molecule has 64 heavy (non-hydrogen) atoms. The maximum atomic E-state index is 14.3. The van der Waals surface area contributed by atoms with E-state index in [0.29, 0.717) is 56.1 Å². The molecule has 0 aromatic rings. The standard InChI is InChI=1S/C51H79NO12/c1-30-16-12-11-13-17-31(2)42(54)28-39-21-19-36(7)51(60,64-39)48(57)49(58)52-23-15-14-18-40(52)50(59)63-44(34(5)26-38-20-22-41(53)45(27-38)61-9)29-43(55)33(4)25-35(6)46(56)47(62-10)37(8)32(3)24-30/h11-13,16-17,25,30,32-34,36,38-42,44-47,53-54,56,60H,8,14-15,18-24,26-29H2,1-7,9-10H3/b13-11+,16-12+,31-17+,35-25+/t30-,32-,33-,34-,36-,38+,39+,40+,41-,42?,44+,45-,46-,47+,51+/m1/s1. The minimum atomic E-state index is -2.47. The van der Waals surface area contributed by atoms with Crippen LogP contribution in [0.4, 0.5) is 0 Å². The Labute approximate surface area is 382 Å². The van der Waals surface area contributed by atoms with E-state index in [0.717, 1.165) is 18.4 Å². The van der Waals surface area contributed by atoms with Crippen LogP contribution in [0.25, 0.3) is 0 Å². The molecule has 2 bridgehead atoms. The number of amides is 1. The van der Waals surface area contributed by atoms with Gasteiger partial charge in [0, 0.05) is 45.4 Å². The van der Waals surface area contributed by atoms with Gasteiger partial charge >= 0.3 is 5.97 Å². The van der Waals surface area contributed by atoms with Crippen molar-refractivity contribution in [1.82, 2.24) is 4.90 Å². The first-order chi connectivity index (χ1) is 30.2. The summed E-state index contributed by atoms with van der Waals surface area (Å²) in [4.78, 5) is 57.9. The van der Waals surface area contributed by atoms with Gasteiger partial charge in [-0.2, -0.15) is 0 Å². The predicted molar refractivity (Wildman–Crippen MR) is 244 cm³/mol. The molecule has 15 atom stereocenters. The molecule has 1 unspecified atom stereocenters. The number of allylic oxidation sites excluding steroid dienone is 6. The molecule has 4 N–H and O–H groups in total. The third-order valence-corrected chi connectivity index (χ3v) is 14.5. The number of esters is 1. The SMILES string of the molecule is C=C1[C@H](C)C[C@H](C)/C=C/C=C/C=C(\C)C(O)C[C@@H]2CC[C@@H](C)[C@](O)(O2)C(=O)C(=O)N2CCCC[C@H]2C(=O)O[C@H]([C@H](C)C[C@@H]2CC[C@@H](O)[C@H](OC)C2)CC(=O)[C@H](C)/C=C(\C)[C@@H](O)[C@H]1OC. The summed E-state index contributed by atoms with van der Waals surface area (Å²) in [5.41, 5.74) is 1.92. The quantitative estimate of drug-likeness (QED) is 0.133. The van der Waals surface area contributed by atoms with Gasteiger partial charge in [-0.15, -0.1) is 0 Å². The predicted octanol–water partition coefficient (Wildman–Crippen LogP) is 6.51. The largest absolute Gasteiger partial charge is 0.460 e. The van der Waals surface area contributed by atoms with E-state index in [2.05, 4.69) is 19.6 Å². The minimum absolute atomic E-state index is 0.0136. The number of aliphatic hydroxyl groups is 4. The second-order valence-corrected chi connectivity index (χ2v) is 19.6. The third kappa shape index (κ3) is 13.9. The van der Waals surface area contributed by atoms with Crippen LogP contribution in [-0.4, -0.2) is 124 Å². The number of rotatable bonds is 5. The van der Waals surface area contributed by atoms with Crippen LogP contribution in [0.3, 0.4) is 0 Å². The number of hydrogen-bond donors (Lipinski definition) is 4. The molecule has 13 heteroatoms. The third-order valence-electron chi connectivity index (χ3n) is 14.5. The van der Waals surface area contributed by atoms with Crippen LogP contribution in [0.1, 0.15) is 126 Å². The number of Topliss-reactive ketones (excluding diaryl/α,β-unsaturated/α-hetero) is 2. The van der Waals surface area contributed by atoms with Crippen molar-refractivity contribution in [3.63, 3.8) is 0 Å². The number of carbonyl (C=O) groups excluding carboxylic acids is 4. The molecule has 4 aliphatic rings. The number of nitrogens with zero attached hydrogens (tertiary/aromatic N) is 1. The lowest BCUT2D eigenvalue weighted by Gasteiger charge is -2.42. The highest BCUT2D eigenvalue weighted by atomic mass is 16.6. The summed E-state index contributed by atoms with van der Waals surface area (Å²) in [6, 6.07) is -1.14. The fraction of sp³-hybridized carbons (Fsp3) is 0.725. The van der Waals surface area contributed by atoms with Crippen LogP contribution in [-0.2, 0) is 38.1 Å². The Morgan fingerprint density at radius 3 is 2.30 bits per heavy atom. The zero-order valence-electron chi connectivity index (χ0n) is 39.9. The number of ether oxygens (including phenoxy) is 4. The summed E-state index contributed by atoms with van der Waals surface area (Å²) in [5, 5.41) is 45.0. The van der Waals surface area contributed by atoms with Crippen molar-refractivity contribution in [3.8, 4) is 0 Å². The molecule has 3 heterocycles. The lowest BCUT2D eigenvalue weighted by Crippen LogP contribution is -2.61.